The zero-order valence-electron chi connectivity index (χ0n) is 12.5. The van der Waals surface area contributed by atoms with Crippen molar-refractivity contribution in [3.8, 4) is 0 Å². The highest BCUT2D eigenvalue weighted by Gasteiger charge is 2.19. The van der Waals surface area contributed by atoms with Crippen LogP contribution >= 0.6 is 0 Å². The molecule has 2 aliphatic carbocycles. The van der Waals surface area contributed by atoms with E-state index in [1.165, 1.54) is 12.8 Å². The van der Waals surface area contributed by atoms with Crippen molar-refractivity contribution in [2.45, 2.75) is 70.3 Å². The molecule has 0 aromatic heterocycles. The van der Waals surface area contributed by atoms with Crippen LogP contribution in [0.2, 0.25) is 0 Å². The van der Waals surface area contributed by atoms with Gasteiger partial charge >= 0.3 is 0 Å². The molecule has 2 heteroatoms. The lowest BCUT2D eigenvalue weighted by Gasteiger charge is -2.20. The SMILES string of the molecule is O=C(CCC1CC=CCC1)C(O)CCC1CC=CCC1. The standard InChI is InChI=1S/C18H28O2/c19-17(13-11-15-7-3-1-4-8-15)18(20)14-12-16-9-5-2-6-10-16/h1-3,5,15-17,19H,4,6-14H2. The molecular weight excluding hydrogens is 248 g/mol. The number of aliphatic hydroxyl groups is 1. The first-order valence-electron chi connectivity index (χ1n) is 8.26. The molecule has 2 aliphatic rings. The van der Waals surface area contributed by atoms with Crippen molar-refractivity contribution in [2.24, 2.45) is 11.8 Å². The Morgan fingerprint density at radius 3 is 2.15 bits per heavy atom. The number of hydrogen-bond acceptors (Lipinski definition) is 2. The Morgan fingerprint density at radius 2 is 1.60 bits per heavy atom. The second-order valence-corrected chi connectivity index (χ2v) is 6.40. The van der Waals surface area contributed by atoms with Crippen LogP contribution in [-0.4, -0.2) is 17.0 Å². The molecule has 0 heterocycles. The summed E-state index contributed by atoms with van der Waals surface area (Å²) in [5.74, 6) is 1.39. The Hall–Kier alpha value is -0.890. The van der Waals surface area contributed by atoms with Gasteiger partial charge in [0.1, 0.15) is 6.10 Å². The highest BCUT2D eigenvalue weighted by atomic mass is 16.3. The van der Waals surface area contributed by atoms with Crippen molar-refractivity contribution in [2.75, 3.05) is 0 Å². The van der Waals surface area contributed by atoms with Crippen LogP contribution in [0.1, 0.15) is 64.2 Å². The third kappa shape index (κ3) is 5.24. The summed E-state index contributed by atoms with van der Waals surface area (Å²) >= 11 is 0. The van der Waals surface area contributed by atoms with Crippen molar-refractivity contribution >= 4 is 5.78 Å². The van der Waals surface area contributed by atoms with Crippen LogP contribution in [0.25, 0.3) is 0 Å². The van der Waals surface area contributed by atoms with Gasteiger partial charge < -0.3 is 5.11 Å². The molecule has 0 amide bonds. The minimum absolute atomic E-state index is 0.0610. The number of carbonyl (C=O) groups is 1. The molecule has 0 bridgehead atoms. The summed E-state index contributed by atoms with van der Waals surface area (Å²) in [4.78, 5) is 12.0. The van der Waals surface area contributed by atoms with E-state index >= 15 is 0 Å². The second-order valence-electron chi connectivity index (χ2n) is 6.40. The number of Topliss-reactive ketones (excluding diaryl/α,β-unsaturated/α-hetero) is 1. The predicted molar refractivity (Wildman–Crippen MR) is 82.4 cm³/mol. The van der Waals surface area contributed by atoms with Crippen LogP contribution in [0.3, 0.4) is 0 Å². The van der Waals surface area contributed by atoms with E-state index in [0.29, 0.717) is 24.7 Å². The van der Waals surface area contributed by atoms with Gasteiger partial charge in [-0.3, -0.25) is 4.79 Å². The van der Waals surface area contributed by atoms with Crippen molar-refractivity contribution in [3.05, 3.63) is 24.3 Å². The van der Waals surface area contributed by atoms with E-state index in [9.17, 15) is 9.90 Å². The van der Waals surface area contributed by atoms with E-state index < -0.39 is 6.10 Å². The lowest BCUT2D eigenvalue weighted by atomic mass is 9.87. The molecule has 0 aromatic rings. The lowest BCUT2D eigenvalue weighted by Crippen LogP contribution is -2.22. The van der Waals surface area contributed by atoms with E-state index in [1.807, 2.05) is 0 Å². The molecule has 112 valence electrons. The van der Waals surface area contributed by atoms with Gasteiger partial charge in [-0.2, -0.15) is 0 Å². The van der Waals surface area contributed by atoms with Crippen LogP contribution in [0.15, 0.2) is 24.3 Å². The molecule has 3 atom stereocenters. The average molecular weight is 276 g/mol. The molecule has 0 saturated heterocycles. The number of ketones is 1. The first kappa shape index (κ1) is 15.5. The molecule has 0 radical (unpaired) electrons. The van der Waals surface area contributed by atoms with Gasteiger partial charge in [0, 0.05) is 6.42 Å². The van der Waals surface area contributed by atoms with Crippen molar-refractivity contribution in [3.63, 3.8) is 0 Å². The van der Waals surface area contributed by atoms with Crippen LogP contribution in [0, 0.1) is 11.8 Å². The van der Waals surface area contributed by atoms with Crippen LogP contribution in [0.5, 0.6) is 0 Å². The quantitative estimate of drug-likeness (QED) is 0.708. The average Bonchev–Trinajstić information content (AvgIpc) is 2.52. The third-order valence-corrected chi connectivity index (χ3v) is 4.77. The van der Waals surface area contributed by atoms with E-state index in [2.05, 4.69) is 24.3 Å². The molecule has 0 spiro atoms. The van der Waals surface area contributed by atoms with Gasteiger partial charge in [-0.1, -0.05) is 24.3 Å². The fraction of sp³-hybridized carbons (Fsp3) is 0.722. The summed E-state index contributed by atoms with van der Waals surface area (Å²) in [7, 11) is 0. The Labute approximate surface area is 123 Å². The van der Waals surface area contributed by atoms with Crippen LogP contribution in [0.4, 0.5) is 0 Å². The Balaban J connectivity index is 1.61. The summed E-state index contributed by atoms with van der Waals surface area (Å²) < 4.78 is 0. The van der Waals surface area contributed by atoms with Gasteiger partial charge in [-0.25, -0.2) is 0 Å². The number of carbonyl (C=O) groups excluding carboxylic acids is 1. The summed E-state index contributed by atoms with van der Waals surface area (Å²) in [5, 5.41) is 10.00. The fourth-order valence-electron chi connectivity index (χ4n) is 3.30. The monoisotopic (exact) mass is 276 g/mol. The molecule has 1 N–H and O–H groups in total. The van der Waals surface area contributed by atoms with Gasteiger partial charge in [0.05, 0.1) is 0 Å². The molecule has 0 aliphatic heterocycles. The largest absolute Gasteiger partial charge is 0.385 e. The second kappa shape index (κ2) is 8.41. The molecule has 0 saturated carbocycles. The lowest BCUT2D eigenvalue weighted by molar-refractivity contribution is -0.127. The molecule has 2 rings (SSSR count). The maximum absolute atomic E-state index is 12.0. The van der Waals surface area contributed by atoms with E-state index in [-0.39, 0.29) is 5.78 Å². The molecule has 0 fully saturated rings. The first-order valence-corrected chi connectivity index (χ1v) is 8.26. The van der Waals surface area contributed by atoms with E-state index in [4.69, 9.17) is 0 Å². The van der Waals surface area contributed by atoms with Gasteiger partial charge in [-0.15, -0.1) is 0 Å². The Morgan fingerprint density at radius 1 is 1.00 bits per heavy atom. The number of allylic oxidation sites excluding steroid dienone is 4. The highest BCUT2D eigenvalue weighted by Crippen LogP contribution is 2.25. The number of rotatable bonds is 7. The van der Waals surface area contributed by atoms with Crippen molar-refractivity contribution in [1.29, 1.82) is 0 Å². The van der Waals surface area contributed by atoms with Crippen molar-refractivity contribution in [1.82, 2.24) is 0 Å². The zero-order valence-corrected chi connectivity index (χ0v) is 12.5. The smallest absolute Gasteiger partial charge is 0.161 e. The molecule has 20 heavy (non-hydrogen) atoms. The minimum atomic E-state index is -0.722. The highest BCUT2D eigenvalue weighted by molar-refractivity contribution is 5.82. The van der Waals surface area contributed by atoms with Gasteiger partial charge in [0.25, 0.3) is 0 Å². The number of hydrogen-bond donors (Lipinski definition) is 1. The normalized spacial score (nSPS) is 27.4. The topological polar surface area (TPSA) is 37.3 Å². The Kier molecular flexibility index (Phi) is 6.52. The summed E-state index contributed by atoms with van der Waals surface area (Å²) in [6, 6.07) is 0. The fourth-order valence-corrected chi connectivity index (χ4v) is 3.30. The van der Waals surface area contributed by atoms with E-state index in [1.54, 1.807) is 0 Å². The van der Waals surface area contributed by atoms with Gasteiger partial charge in [-0.05, 0) is 69.6 Å². The zero-order chi connectivity index (χ0) is 14.2. The molecule has 3 unspecified atom stereocenters. The summed E-state index contributed by atoms with van der Waals surface area (Å²) in [5.41, 5.74) is 0. The van der Waals surface area contributed by atoms with Gasteiger partial charge in [0.2, 0.25) is 0 Å². The van der Waals surface area contributed by atoms with Crippen LogP contribution < -0.4 is 0 Å². The number of aliphatic hydroxyl groups excluding tert-OH is 1. The summed E-state index contributed by atoms with van der Waals surface area (Å²) in [6.45, 7) is 0. The predicted octanol–water partition coefficient (Wildman–Crippen LogP) is 4.19. The maximum atomic E-state index is 12.0. The van der Waals surface area contributed by atoms with E-state index in [0.717, 1.165) is 38.5 Å². The Bertz CT molecular complexity index is 356. The van der Waals surface area contributed by atoms with Crippen LogP contribution in [-0.2, 0) is 4.79 Å². The first-order chi connectivity index (χ1) is 9.75. The molecular formula is C18H28O2. The summed E-state index contributed by atoms with van der Waals surface area (Å²) in [6.07, 6.45) is 18.3. The van der Waals surface area contributed by atoms with Crippen molar-refractivity contribution < 1.29 is 9.90 Å². The third-order valence-electron chi connectivity index (χ3n) is 4.77. The minimum Gasteiger partial charge on any atom is -0.385 e. The maximum Gasteiger partial charge on any atom is 0.161 e. The molecule has 2 nitrogen and oxygen atoms in total. The molecule has 0 aromatic carbocycles. The van der Waals surface area contributed by atoms with Gasteiger partial charge in [0.15, 0.2) is 5.78 Å².